The molecule has 2 rings (SSSR count). The summed E-state index contributed by atoms with van der Waals surface area (Å²) in [6.07, 6.45) is -2.80. The van der Waals surface area contributed by atoms with Crippen LogP contribution >= 0.6 is 0 Å². The van der Waals surface area contributed by atoms with Crippen molar-refractivity contribution in [2.75, 3.05) is 0 Å². The van der Waals surface area contributed by atoms with Crippen LogP contribution in [0.25, 0.3) is 5.69 Å². The van der Waals surface area contributed by atoms with Crippen molar-refractivity contribution >= 4 is 6.29 Å². The first-order valence-corrected chi connectivity index (χ1v) is 5.11. The largest absolute Gasteiger partial charge is 0.417 e. The summed E-state index contributed by atoms with van der Waals surface area (Å²) in [5.74, 6) is 0. The highest BCUT2D eigenvalue weighted by Gasteiger charge is 2.33. The van der Waals surface area contributed by atoms with E-state index in [-0.39, 0.29) is 17.5 Å². The van der Waals surface area contributed by atoms with Crippen molar-refractivity contribution in [3.8, 4) is 5.69 Å². The van der Waals surface area contributed by atoms with E-state index in [1.165, 1.54) is 10.7 Å². The second-order valence-corrected chi connectivity index (χ2v) is 3.79. The number of aryl methyl sites for hydroxylation is 1. The number of alkyl halides is 3. The molecule has 0 aliphatic rings. The van der Waals surface area contributed by atoms with Crippen molar-refractivity contribution in [2.45, 2.75) is 13.1 Å². The highest BCUT2D eigenvalue weighted by atomic mass is 19.4. The van der Waals surface area contributed by atoms with Crippen LogP contribution in [0.5, 0.6) is 0 Å². The molecule has 6 heteroatoms. The maximum atomic E-state index is 12.7. The SMILES string of the molecule is Cc1ccn(-c2ccc(C=O)c(C(F)(F)F)c2)n1. The van der Waals surface area contributed by atoms with Crippen LogP contribution in [0, 0.1) is 6.92 Å². The Morgan fingerprint density at radius 2 is 2.00 bits per heavy atom. The van der Waals surface area contributed by atoms with Crippen LogP contribution in [-0.4, -0.2) is 16.1 Å². The zero-order valence-corrected chi connectivity index (χ0v) is 9.40. The van der Waals surface area contributed by atoms with Gasteiger partial charge in [0.05, 0.1) is 16.9 Å². The highest BCUT2D eigenvalue weighted by molar-refractivity contribution is 5.78. The van der Waals surface area contributed by atoms with Gasteiger partial charge in [0.2, 0.25) is 0 Å². The van der Waals surface area contributed by atoms with E-state index in [0.29, 0.717) is 5.69 Å². The summed E-state index contributed by atoms with van der Waals surface area (Å²) in [5.41, 5.74) is -0.373. The zero-order valence-electron chi connectivity index (χ0n) is 9.40. The molecule has 1 heterocycles. The average molecular weight is 254 g/mol. The maximum absolute atomic E-state index is 12.7. The number of rotatable bonds is 2. The van der Waals surface area contributed by atoms with Crippen LogP contribution in [0.1, 0.15) is 21.6 Å². The molecule has 0 atom stereocenters. The third-order valence-corrected chi connectivity index (χ3v) is 2.46. The van der Waals surface area contributed by atoms with Crippen molar-refractivity contribution in [1.82, 2.24) is 9.78 Å². The van der Waals surface area contributed by atoms with Gasteiger partial charge in [-0.25, -0.2) is 4.68 Å². The van der Waals surface area contributed by atoms with E-state index in [0.717, 1.165) is 12.1 Å². The van der Waals surface area contributed by atoms with Gasteiger partial charge < -0.3 is 0 Å². The Labute approximate surface area is 101 Å². The van der Waals surface area contributed by atoms with Gasteiger partial charge >= 0.3 is 6.18 Å². The van der Waals surface area contributed by atoms with Crippen molar-refractivity contribution in [1.29, 1.82) is 0 Å². The number of aromatic nitrogens is 2. The topological polar surface area (TPSA) is 34.9 Å². The first-order valence-electron chi connectivity index (χ1n) is 5.11. The van der Waals surface area contributed by atoms with Gasteiger partial charge in [-0.1, -0.05) is 0 Å². The van der Waals surface area contributed by atoms with Gasteiger partial charge in [-0.3, -0.25) is 4.79 Å². The molecule has 3 nitrogen and oxygen atoms in total. The fourth-order valence-corrected chi connectivity index (χ4v) is 1.59. The normalized spacial score (nSPS) is 11.6. The van der Waals surface area contributed by atoms with E-state index in [1.807, 2.05) is 0 Å². The Balaban J connectivity index is 2.56. The molecule has 0 bridgehead atoms. The van der Waals surface area contributed by atoms with E-state index in [4.69, 9.17) is 0 Å². The molecule has 0 N–H and O–H groups in total. The predicted molar refractivity (Wildman–Crippen MR) is 58.7 cm³/mol. The summed E-state index contributed by atoms with van der Waals surface area (Å²) in [5, 5.41) is 4.02. The van der Waals surface area contributed by atoms with E-state index in [9.17, 15) is 18.0 Å². The first-order chi connectivity index (χ1) is 8.41. The van der Waals surface area contributed by atoms with Crippen LogP contribution in [-0.2, 0) is 6.18 Å². The quantitative estimate of drug-likeness (QED) is 0.772. The van der Waals surface area contributed by atoms with Crippen LogP contribution in [0.3, 0.4) is 0 Å². The van der Waals surface area contributed by atoms with Gasteiger partial charge in [-0.15, -0.1) is 0 Å². The van der Waals surface area contributed by atoms with E-state index in [1.54, 1.807) is 19.2 Å². The second-order valence-electron chi connectivity index (χ2n) is 3.79. The molecule has 1 aromatic carbocycles. The van der Waals surface area contributed by atoms with Crippen molar-refractivity contribution in [3.63, 3.8) is 0 Å². The molecule has 0 saturated carbocycles. The second kappa shape index (κ2) is 4.29. The number of aldehydes is 1. The predicted octanol–water partition coefficient (Wildman–Crippen LogP) is 3.01. The number of hydrogen-bond donors (Lipinski definition) is 0. The molecule has 0 aliphatic carbocycles. The number of carbonyl (C=O) groups excluding carboxylic acids is 1. The van der Waals surface area contributed by atoms with Crippen molar-refractivity contribution in [2.24, 2.45) is 0 Å². The number of nitrogens with zero attached hydrogens (tertiary/aromatic N) is 2. The Morgan fingerprint density at radius 3 is 2.50 bits per heavy atom. The fraction of sp³-hybridized carbons (Fsp3) is 0.167. The van der Waals surface area contributed by atoms with E-state index >= 15 is 0 Å². The molecule has 0 fully saturated rings. The van der Waals surface area contributed by atoms with Gasteiger partial charge in [0.25, 0.3) is 0 Å². The molecule has 0 saturated heterocycles. The molecule has 94 valence electrons. The van der Waals surface area contributed by atoms with Crippen LogP contribution in [0.15, 0.2) is 30.5 Å². The Kier molecular flexibility index (Phi) is 2.94. The summed E-state index contributed by atoms with van der Waals surface area (Å²) in [6.45, 7) is 1.74. The summed E-state index contributed by atoms with van der Waals surface area (Å²) in [4.78, 5) is 10.6. The Hall–Kier alpha value is -2.11. The number of halogens is 3. The minimum Gasteiger partial charge on any atom is -0.298 e. The van der Waals surface area contributed by atoms with Crippen molar-refractivity contribution in [3.05, 3.63) is 47.3 Å². The lowest BCUT2D eigenvalue weighted by Crippen LogP contribution is -2.10. The first kappa shape index (κ1) is 12.3. The van der Waals surface area contributed by atoms with Gasteiger partial charge in [0.15, 0.2) is 6.29 Å². The molecule has 0 amide bonds. The number of benzene rings is 1. The van der Waals surface area contributed by atoms with E-state index in [2.05, 4.69) is 5.10 Å². The zero-order chi connectivity index (χ0) is 13.3. The standard InChI is InChI=1S/C12H9F3N2O/c1-8-4-5-17(16-8)10-3-2-9(7-18)11(6-10)12(13,14)15/h2-7H,1H3. The van der Waals surface area contributed by atoms with Gasteiger partial charge in [0.1, 0.15) is 0 Å². The lowest BCUT2D eigenvalue weighted by molar-refractivity contribution is -0.137. The number of carbonyl (C=O) groups is 1. The Bertz CT molecular complexity index is 587. The molecule has 18 heavy (non-hydrogen) atoms. The van der Waals surface area contributed by atoms with Gasteiger partial charge in [0, 0.05) is 11.8 Å². The fourth-order valence-electron chi connectivity index (χ4n) is 1.59. The monoisotopic (exact) mass is 254 g/mol. The molecular weight excluding hydrogens is 245 g/mol. The molecular formula is C12H9F3N2O. The van der Waals surface area contributed by atoms with Gasteiger partial charge in [-0.05, 0) is 31.2 Å². The van der Waals surface area contributed by atoms with Gasteiger partial charge in [-0.2, -0.15) is 18.3 Å². The van der Waals surface area contributed by atoms with Crippen LogP contribution < -0.4 is 0 Å². The molecule has 0 spiro atoms. The average Bonchev–Trinajstić information content (AvgIpc) is 2.74. The highest BCUT2D eigenvalue weighted by Crippen LogP contribution is 2.32. The smallest absolute Gasteiger partial charge is 0.298 e. The summed E-state index contributed by atoms with van der Waals surface area (Å²) >= 11 is 0. The third kappa shape index (κ3) is 2.27. The molecule has 0 unspecified atom stereocenters. The minimum atomic E-state index is -4.56. The molecule has 0 radical (unpaired) electrons. The molecule has 0 aliphatic heterocycles. The summed E-state index contributed by atoms with van der Waals surface area (Å²) < 4.78 is 39.6. The molecule has 2 aromatic rings. The minimum absolute atomic E-state index is 0.195. The number of hydrogen-bond acceptors (Lipinski definition) is 2. The molecule has 1 aromatic heterocycles. The third-order valence-electron chi connectivity index (χ3n) is 2.46. The van der Waals surface area contributed by atoms with E-state index < -0.39 is 11.7 Å². The van der Waals surface area contributed by atoms with Crippen LogP contribution in [0.2, 0.25) is 0 Å². The lowest BCUT2D eigenvalue weighted by Gasteiger charge is -2.11. The van der Waals surface area contributed by atoms with Crippen molar-refractivity contribution < 1.29 is 18.0 Å². The van der Waals surface area contributed by atoms with Crippen LogP contribution in [0.4, 0.5) is 13.2 Å². The summed E-state index contributed by atoms with van der Waals surface area (Å²) in [7, 11) is 0. The Morgan fingerprint density at radius 1 is 1.28 bits per heavy atom. The maximum Gasteiger partial charge on any atom is 0.417 e. The lowest BCUT2D eigenvalue weighted by atomic mass is 10.1. The summed E-state index contributed by atoms with van der Waals surface area (Å²) in [6, 6.07) is 5.16.